The molecule has 0 aromatic heterocycles. The smallest absolute Gasteiger partial charge is 0.127 e. The number of ether oxygens (including phenoxy) is 1. The first-order valence-corrected chi connectivity index (χ1v) is 5.76. The van der Waals surface area contributed by atoms with Crippen LogP contribution in [-0.2, 0) is 11.3 Å². The van der Waals surface area contributed by atoms with Crippen LogP contribution in [0.4, 0.5) is 4.39 Å². The maximum Gasteiger partial charge on any atom is 0.127 e. The highest BCUT2D eigenvalue weighted by Gasteiger charge is 1.99. The summed E-state index contributed by atoms with van der Waals surface area (Å²) in [7, 11) is 0. The van der Waals surface area contributed by atoms with Crippen molar-refractivity contribution in [2.45, 2.75) is 32.9 Å². The van der Waals surface area contributed by atoms with Crippen LogP contribution in [0, 0.1) is 5.82 Å². The topological polar surface area (TPSA) is 21.3 Å². The zero-order valence-corrected chi connectivity index (χ0v) is 11.1. The van der Waals surface area contributed by atoms with Gasteiger partial charge in [0, 0.05) is 18.7 Å². The second-order valence-corrected chi connectivity index (χ2v) is 4.04. The Morgan fingerprint density at radius 2 is 2.00 bits per heavy atom. The fourth-order valence-electron chi connectivity index (χ4n) is 1.38. The summed E-state index contributed by atoms with van der Waals surface area (Å²) in [4.78, 5) is 0. The molecule has 4 heteroatoms. The average Bonchev–Trinajstić information content (AvgIpc) is 2.25. The summed E-state index contributed by atoms with van der Waals surface area (Å²) < 4.78 is 18.6. The molecule has 0 heterocycles. The van der Waals surface area contributed by atoms with Gasteiger partial charge in [-0.25, -0.2) is 4.39 Å². The molecule has 98 valence electrons. The van der Waals surface area contributed by atoms with Gasteiger partial charge < -0.3 is 22.5 Å². The van der Waals surface area contributed by atoms with E-state index in [9.17, 15) is 4.39 Å². The Hall–Kier alpha value is -0.640. The van der Waals surface area contributed by atoms with E-state index in [1.807, 2.05) is 19.9 Å². The summed E-state index contributed by atoms with van der Waals surface area (Å²) in [5.41, 5.74) is 0.715. The van der Waals surface area contributed by atoms with E-state index in [2.05, 4.69) is 5.32 Å². The van der Waals surface area contributed by atoms with E-state index >= 15 is 0 Å². The van der Waals surface area contributed by atoms with Crippen LogP contribution >= 0.6 is 0 Å². The maximum atomic E-state index is 13.2. The number of hydrogen-bond acceptors (Lipinski definition) is 2. The predicted octanol–water partition coefficient (Wildman–Crippen LogP) is -0.266. The SMILES string of the molecule is CC(C)OCCCNCc1ccccc1F.[Cl-]. The first-order valence-electron chi connectivity index (χ1n) is 5.76. The van der Waals surface area contributed by atoms with E-state index in [-0.39, 0.29) is 24.3 Å². The standard InChI is InChI=1S/C13H20FNO.ClH/c1-11(2)16-9-5-8-15-10-12-6-3-4-7-13(12)14;/h3-4,6-7,11,15H,5,8-10H2,1-2H3;1H/p-1. The monoisotopic (exact) mass is 260 g/mol. The van der Waals surface area contributed by atoms with Gasteiger partial charge in [0.05, 0.1) is 6.10 Å². The molecule has 0 unspecified atom stereocenters. The number of benzene rings is 1. The molecule has 2 nitrogen and oxygen atoms in total. The van der Waals surface area contributed by atoms with E-state index < -0.39 is 0 Å². The fourth-order valence-corrected chi connectivity index (χ4v) is 1.38. The summed E-state index contributed by atoms with van der Waals surface area (Å²) in [6.45, 7) is 6.22. The van der Waals surface area contributed by atoms with Crippen molar-refractivity contribution in [1.29, 1.82) is 0 Å². The molecular weight excluding hydrogens is 241 g/mol. The molecular formula is C13H20ClFNO-. The minimum Gasteiger partial charge on any atom is -1.00 e. The van der Waals surface area contributed by atoms with Crippen LogP contribution in [0.5, 0.6) is 0 Å². The van der Waals surface area contributed by atoms with Crippen LogP contribution in [0.25, 0.3) is 0 Å². The largest absolute Gasteiger partial charge is 1.00 e. The average molecular weight is 261 g/mol. The zero-order valence-electron chi connectivity index (χ0n) is 10.4. The molecule has 0 saturated heterocycles. The Bertz CT molecular complexity index is 307. The summed E-state index contributed by atoms with van der Waals surface area (Å²) in [6.07, 6.45) is 1.23. The molecule has 0 fully saturated rings. The lowest BCUT2D eigenvalue weighted by Gasteiger charge is -2.08. The van der Waals surface area contributed by atoms with Gasteiger partial charge in [-0.3, -0.25) is 0 Å². The Morgan fingerprint density at radius 1 is 1.29 bits per heavy atom. The maximum absolute atomic E-state index is 13.2. The van der Waals surface area contributed by atoms with E-state index in [4.69, 9.17) is 4.74 Å². The molecule has 0 bridgehead atoms. The van der Waals surface area contributed by atoms with E-state index in [1.54, 1.807) is 12.1 Å². The quantitative estimate of drug-likeness (QED) is 0.682. The highest BCUT2D eigenvalue weighted by atomic mass is 35.5. The van der Waals surface area contributed by atoms with Gasteiger partial charge in [-0.15, -0.1) is 0 Å². The molecule has 0 amide bonds. The second-order valence-electron chi connectivity index (χ2n) is 4.04. The lowest BCUT2D eigenvalue weighted by molar-refractivity contribution is -0.00000685. The van der Waals surface area contributed by atoms with Gasteiger partial charge in [-0.1, -0.05) is 18.2 Å². The van der Waals surface area contributed by atoms with Crippen molar-refractivity contribution >= 4 is 0 Å². The molecule has 1 rings (SSSR count). The molecule has 17 heavy (non-hydrogen) atoms. The van der Waals surface area contributed by atoms with E-state index in [0.717, 1.165) is 19.6 Å². The van der Waals surface area contributed by atoms with Gasteiger partial charge in [0.25, 0.3) is 0 Å². The first-order chi connectivity index (χ1) is 7.70. The van der Waals surface area contributed by atoms with Crippen molar-refractivity contribution in [3.8, 4) is 0 Å². The lowest BCUT2D eigenvalue weighted by Crippen LogP contribution is -3.00. The molecule has 0 aliphatic carbocycles. The van der Waals surface area contributed by atoms with Gasteiger partial charge >= 0.3 is 0 Å². The van der Waals surface area contributed by atoms with Crippen LogP contribution in [0.2, 0.25) is 0 Å². The molecule has 0 spiro atoms. The molecule has 1 aromatic carbocycles. The van der Waals surface area contributed by atoms with E-state index in [0.29, 0.717) is 12.1 Å². The highest BCUT2D eigenvalue weighted by molar-refractivity contribution is 5.16. The van der Waals surface area contributed by atoms with Gasteiger partial charge in [-0.2, -0.15) is 0 Å². The van der Waals surface area contributed by atoms with Crippen molar-refractivity contribution in [2.75, 3.05) is 13.2 Å². The van der Waals surface area contributed by atoms with Crippen LogP contribution in [0.1, 0.15) is 25.8 Å². The summed E-state index contributed by atoms with van der Waals surface area (Å²) in [5.74, 6) is -0.145. The molecule has 0 aliphatic rings. The van der Waals surface area contributed by atoms with Crippen LogP contribution in [0.15, 0.2) is 24.3 Å². The minimum absolute atomic E-state index is 0. The van der Waals surface area contributed by atoms with Gasteiger partial charge in [0.1, 0.15) is 5.82 Å². The fraction of sp³-hybridized carbons (Fsp3) is 0.538. The second kappa shape index (κ2) is 9.40. The van der Waals surface area contributed by atoms with E-state index in [1.165, 1.54) is 6.07 Å². The van der Waals surface area contributed by atoms with Crippen LogP contribution < -0.4 is 17.7 Å². The van der Waals surface area contributed by atoms with Gasteiger partial charge in [0.15, 0.2) is 0 Å². The van der Waals surface area contributed by atoms with Crippen molar-refractivity contribution < 1.29 is 21.5 Å². The number of rotatable bonds is 7. The van der Waals surface area contributed by atoms with Crippen molar-refractivity contribution in [1.82, 2.24) is 5.32 Å². The number of hydrogen-bond donors (Lipinski definition) is 1. The van der Waals surface area contributed by atoms with Crippen molar-refractivity contribution in [2.24, 2.45) is 0 Å². The number of halogens is 2. The molecule has 1 N–H and O–H groups in total. The molecule has 0 atom stereocenters. The molecule has 0 radical (unpaired) electrons. The Morgan fingerprint density at radius 3 is 2.65 bits per heavy atom. The Labute approximate surface area is 109 Å². The normalized spacial score (nSPS) is 10.4. The third kappa shape index (κ3) is 7.31. The summed E-state index contributed by atoms with van der Waals surface area (Å²) in [5, 5.41) is 3.20. The van der Waals surface area contributed by atoms with Crippen molar-refractivity contribution in [3.05, 3.63) is 35.6 Å². The van der Waals surface area contributed by atoms with Crippen LogP contribution in [-0.4, -0.2) is 19.3 Å². The summed E-state index contributed by atoms with van der Waals surface area (Å²) >= 11 is 0. The molecule has 1 aromatic rings. The third-order valence-corrected chi connectivity index (χ3v) is 2.22. The van der Waals surface area contributed by atoms with Gasteiger partial charge in [-0.05, 0) is 32.9 Å². The van der Waals surface area contributed by atoms with Crippen molar-refractivity contribution in [3.63, 3.8) is 0 Å². The molecule has 0 saturated carbocycles. The third-order valence-electron chi connectivity index (χ3n) is 2.22. The first kappa shape index (κ1) is 16.4. The lowest BCUT2D eigenvalue weighted by atomic mass is 10.2. The highest BCUT2D eigenvalue weighted by Crippen LogP contribution is 2.05. The Balaban J connectivity index is 0.00000256. The van der Waals surface area contributed by atoms with Gasteiger partial charge in [0.2, 0.25) is 0 Å². The summed E-state index contributed by atoms with van der Waals surface area (Å²) in [6, 6.07) is 6.84. The van der Waals surface area contributed by atoms with Crippen LogP contribution in [0.3, 0.4) is 0 Å². The molecule has 0 aliphatic heterocycles. The minimum atomic E-state index is -0.145. The predicted molar refractivity (Wildman–Crippen MR) is 63.8 cm³/mol. The number of nitrogens with one attached hydrogen (secondary N) is 1. The zero-order chi connectivity index (χ0) is 11.8. The Kier molecular flexibility index (Phi) is 9.04.